The van der Waals surface area contributed by atoms with Crippen molar-refractivity contribution < 1.29 is 19.4 Å². The highest BCUT2D eigenvalue weighted by Crippen LogP contribution is 2.53. The van der Waals surface area contributed by atoms with Gasteiger partial charge in [-0.1, -0.05) is 100 Å². The highest BCUT2D eigenvalue weighted by atomic mass is 16.7. The Morgan fingerprint density at radius 1 is 0.868 bits per heavy atom. The molecule has 3 fully saturated rings. The predicted octanol–water partition coefficient (Wildman–Crippen LogP) is 8.41. The molecule has 8 heteroatoms. The smallest absolute Gasteiger partial charge is 0.271 e. The van der Waals surface area contributed by atoms with Crippen molar-refractivity contribution in [3.8, 4) is 11.1 Å². The lowest BCUT2D eigenvalue weighted by Crippen LogP contribution is -2.46. The average molecular weight is 711 g/mol. The molecule has 8 nitrogen and oxygen atoms in total. The Morgan fingerprint density at radius 3 is 2.42 bits per heavy atom. The minimum absolute atomic E-state index is 0.0146. The quantitative estimate of drug-likeness (QED) is 0.159. The van der Waals surface area contributed by atoms with E-state index in [1.807, 2.05) is 48.5 Å². The summed E-state index contributed by atoms with van der Waals surface area (Å²) in [6.07, 6.45) is 4.53. The Balaban J connectivity index is 1.02. The van der Waals surface area contributed by atoms with Gasteiger partial charge in [0.2, 0.25) is 0 Å². The number of carbonyl (C=O) groups is 1. The molecule has 4 aromatic carbocycles. The summed E-state index contributed by atoms with van der Waals surface area (Å²) in [5, 5.41) is 12.7. The number of hydrogen-bond donors (Lipinski definition) is 2. The molecule has 3 aliphatic rings. The molecular weight excluding hydrogens is 661 g/mol. The van der Waals surface area contributed by atoms with Crippen molar-refractivity contribution >= 4 is 16.9 Å². The summed E-state index contributed by atoms with van der Waals surface area (Å²) in [4.78, 5) is 24.6. The fraction of sp³-hybridized carbons (Fsp3) is 0.400. The highest BCUT2D eigenvalue weighted by Gasteiger charge is 2.51. The van der Waals surface area contributed by atoms with E-state index in [1.165, 1.54) is 25.5 Å². The normalized spacial score (nSPS) is 26.8. The molecular formula is C45H50N4O4. The lowest BCUT2D eigenvalue weighted by Gasteiger charge is -2.43. The third-order valence-corrected chi connectivity index (χ3v) is 11.6. The van der Waals surface area contributed by atoms with Crippen LogP contribution in [0.1, 0.15) is 92.1 Å². The Labute approximate surface area is 312 Å². The summed E-state index contributed by atoms with van der Waals surface area (Å²) in [5.41, 5.74) is 8.46. The molecule has 0 radical (unpaired) electrons. The van der Waals surface area contributed by atoms with E-state index >= 15 is 0 Å². The lowest BCUT2D eigenvalue weighted by molar-refractivity contribution is -0.276. The van der Waals surface area contributed by atoms with E-state index < -0.39 is 6.29 Å². The number of ether oxygens (including phenoxy) is 2. The number of amides is 1. The lowest BCUT2D eigenvalue weighted by atomic mass is 9.65. The molecule has 2 aliphatic heterocycles. The summed E-state index contributed by atoms with van der Waals surface area (Å²) < 4.78 is 13.8. The Kier molecular flexibility index (Phi) is 9.66. The van der Waals surface area contributed by atoms with Gasteiger partial charge in [-0.25, -0.2) is 4.98 Å². The van der Waals surface area contributed by atoms with Crippen LogP contribution in [0.25, 0.3) is 22.2 Å². The summed E-state index contributed by atoms with van der Waals surface area (Å²) in [7, 11) is 0. The van der Waals surface area contributed by atoms with Gasteiger partial charge in [-0.05, 0) is 82.2 Å². The zero-order chi connectivity index (χ0) is 36.7. The van der Waals surface area contributed by atoms with Crippen LogP contribution in [-0.4, -0.2) is 51.1 Å². The van der Waals surface area contributed by atoms with Crippen LogP contribution in [-0.2, 0) is 22.6 Å². The first-order valence-electron chi connectivity index (χ1n) is 19.0. The van der Waals surface area contributed by atoms with Crippen LogP contribution in [0.5, 0.6) is 0 Å². The number of hydrogen-bond acceptors (Lipinski definition) is 7. The largest absolute Gasteiger partial charge is 0.392 e. The maximum atomic E-state index is 13.0. The summed E-state index contributed by atoms with van der Waals surface area (Å²) in [6.45, 7) is 11.9. The van der Waals surface area contributed by atoms with Gasteiger partial charge in [0.15, 0.2) is 6.29 Å². The minimum Gasteiger partial charge on any atom is -0.392 e. The predicted molar refractivity (Wildman–Crippen MR) is 207 cm³/mol. The third kappa shape index (κ3) is 7.64. The Morgan fingerprint density at radius 2 is 1.62 bits per heavy atom. The van der Waals surface area contributed by atoms with E-state index in [4.69, 9.17) is 9.47 Å². The number of aliphatic hydroxyl groups is 1. The van der Waals surface area contributed by atoms with Crippen LogP contribution >= 0.6 is 0 Å². The zero-order valence-corrected chi connectivity index (χ0v) is 31.2. The number of carbonyl (C=O) groups excluding carboxylic acids is 1. The number of benzene rings is 4. The van der Waals surface area contributed by atoms with E-state index in [-0.39, 0.29) is 30.6 Å². The number of fused-ring (bicyclic) bond motifs is 3. The van der Waals surface area contributed by atoms with Crippen molar-refractivity contribution in [1.29, 1.82) is 0 Å². The van der Waals surface area contributed by atoms with Gasteiger partial charge in [0.25, 0.3) is 5.91 Å². The van der Waals surface area contributed by atoms with E-state index in [0.29, 0.717) is 34.6 Å². The summed E-state index contributed by atoms with van der Waals surface area (Å²) in [5.74, 6) is -0.134. The molecule has 1 aliphatic carbocycles. The van der Waals surface area contributed by atoms with Crippen LogP contribution in [0.15, 0.2) is 103 Å². The number of para-hydroxylation sites is 2. The number of rotatable bonds is 9. The first-order valence-corrected chi connectivity index (χ1v) is 19.0. The number of nitrogens with zero attached hydrogens (tertiary/aromatic N) is 3. The van der Waals surface area contributed by atoms with Gasteiger partial charge in [-0.3, -0.25) is 14.7 Å². The second kappa shape index (κ2) is 14.4. The van der Waals surface area contributed by atoms with Crippen molar-refractivity contribution in [2.75, 3.05) is 13.1 Å². The van der Waals surface area contributed by atoms with E-state index in [2.05, 4.69) is 96.4 Å². The summed E-state index contributed by atoms with van der Waals surface area (Å²) in [6, 6.07) is 32.9. The monoisotopic (exact) mass is 710 g/mol. The molecule has 2 bridgehead atoms. The van der Waals surface area contributed by atoms with Crippen molar-refractivity contribution in [3.63, 3.8) is 0 Å². The molecule has 2 saturated heterocycles. The molecule has 1 saturated carbocycles. The molecule has 3 heterocycles. The summed E-state index contributed by atoms with van der Waals surface area (Å²) >= 11 is 0. The van der Waals surface area contributed by atoms with E-state index in [0.717, 1.165) is 52.0 Å². The van der Waals surface area contributed by atoms with Gasteiger partial charge in [0.05, 0.1) is 36.0 Å². The first kappa shape index (κ1) is 35.6. The fourth-order valence-corrected chi connectivity index (χ4v) is 9.41. The average Bonchev–Trinajstić information content (AvgIpc) is 3.41. The number of aliphatic hydroxyl groups excluding tert-OH is 1. The second-order valence-corrected chi connectivity index (χ2v) is 16.7. The maximum absolute atomic E-state index is 13.0. The van der Waals surface area contributed by atoms with Crippen molar-refractivity contribution in [1.82, 2.24) is 20.2 Å². The molecule has 6 atom stereocenters. The first-order chi connectivity index (χ1) is 25.5. The molecule has 2 N–H and O–H groups in total. The second-order valence-electron chi connectivity index (χ2n) is 16.7. The van der Waals surface area contributed by atoms with E-state index in [1.54, 1.807) is 0 Å². The van der Waals surface area contributed by atoms with Crippen molar-refractivity contribution in [3.05, 3.63) is 131 Å². The van der Waals surface area contributed by atoms with Crippen LogP contribution in [0, 0.1) is 16.7 Å². The van der Waals surface area contributed by atoms with Gasteiger partial charge >= 0.3 is 0 Å². The number of nitrogens with one attached hydrogen (secondary N) is 1. The molecule has 274 valence electrons. The van der Waals surface area contributed by atoms with Crippen molar-refractivity contribution in [2.24, 2.45) is 16.7 Å². The van der Waals surface area contributed by atoms with Crippen LogP contribution in [0.3, 0.4) is 0 Å². The SMILES string of the molecule is C[C@@H]1[C@H](CN2CC3(C)CC2CC(C)(C)C3)O[C@H](c2cccc(-c3cccc(CNC(=O)c4cnc5ccccc5n4)c3)c2)O[C@@H]1c1ccc(CO)cc1. The van der Waals surface area contributed by atoms with E-state index in [9.17, 15) is 9.90 Å². The van der Waals surface area contributed by atoms with Crippen LogP contribution in [0.4, 0.5) is 0 Å². The van der Waals surface area contributed by atoms with Gasteiger partial charge in [0, 0.05) is 37.2 Å². The number of aromatic nitrogens is 2. The topological polar surface area (TPSA) is 96.8 Å². The molecule has 1 amide bonds. The molecule has 8 rings (SSSR count). The van der Waals surface area contributed by atoms with Gasteiger partial charge in [-0.2, -0.15) is 0 Å². The molecule has 2 unspecified atom stereocenters. The molecule has 1 aromatic heterocycles. The van der Waals surface area contributed by atoms with Crippen molar-refractivity contribution in [2.45, 2.75) is 84.6 Å². The van der Waals surface area contributed by atoms with Crippen LogP contribution < -0.4 is 5.32 Å². The molecule has 5 aromatic rings. The third-order valence-electron chi connectivity index (χ3n) is 11.6. The fourth-order valence-electron chi connectivity index (χ4n) is 9.41. The van der Waals surface area contributed by atoms with Crippen LogP contribution in [0.2, 0.25) is 0 Å². The minimum atomic E-state index is -0.543. The Bertz CT molecular complexity index is 2100. The Hall–Kier alpha value is -4.47. The van der Waals surface area contributed by atoms with Gasteiger partial charge in [-0.15, -0.1) is 0 Å². The maximum Gasteiger partial charge on any atom is 0.271 e. The number of likely N-dealkylation sites (tertiary alicyclic amines) is 1. The van der Waals surface area contributed by atoms with Gasteiger partial charge in [0.1, 0.15) is 5.69 Å². The molecule has 53 heavy (non-hydrogen) atoms. The molecule has 0 spiro atoms. The van der Waals surface area contributed by atoms with Gasteiger partial charge < -0.3 is 19.9 Å². The highest BCUT2D eigenvalue weighted by molar-refractivity contribution is 5.93. The zero-order valence-electron chi connectivity index (χ0n) is 31.2. The standard InChI is InChI=1S/C45H50N4O4/c1-29-40(25-49-28-45(4)22-36(49)21-44(2,3)27-45)52-43(53-41(29)32-17-15-30(26-50)16-18-32)35-12-8-11-34(20-35)33-10-7-9-31(19-33)23-47-42(51)39-24-46-37-13-5-6-14-38(37)48-39/h5-20,24,29,36,40-41,43,50H,21-23,25-28H2,1-4H3,(H,47,51)/t29-,36?,40+,41+,43+,45?/m1/s1.